The molecule has 2 fully saturated rings. The minimum atomic E-state index is -0.0252. The van der Waals surface area contributed by atoms with Gasteiger partial charge in [0.05, 0.1) is 19.2 Å². The molecule has 1 heterocycles. The van der Waals surface area contributed by atoms with Crippen LogP contribution in [0.1, 0.15) is 49.0 Å². The molecule has 0 radical (unpaired) electrons. The van der Waals surface area contributed by atoms with Gasteiger partial charge in [-0.15, -0.1) is 0 Å². The van der Waals surface area contributed by atoms with Gasteiger partial charge in [-0.3, -0.25) is 4.79 Å². The predicted molar refractivity (Wildman–Crippen MR) is 95.7 cm³/mol. The number of carbonyl (C=O) groups excluding carboxylic acids is 1. The molecule has 2 N–H and O–H groups in total. The van der Waals surface area contributed by atoms with Crippen LogP contribution in [-0.4, -0.2) is 36.5 Å². The first kappa shape index (κ1) is 17.4. The van der Waals surface area contributed by atoms with Crippen molar-refractivity contribution in [3.8, 4) is 0 Å². The van der Waals surface area contributed by atoms with Crippen molar-refractivity contribution in [2.24, 2.45) is 17.6 Å². The number of nitrogens with two attached hydrogens (primary N) is 1. The van der Waals surface area contributed by atoms with Crippen LogP contribution in [0.25, 0.3) is 0 Å². The number of hydrogen-bond acceptors (Lipinski definition) is 3. The maximum Gasteiger partial charge on any atom is 0.226 e. The van der Waals surface area contributed by atoms with E-state index in [-0.39, 0.29) is 24.0 Å². The molecular weight excluding hydrogens is 300 g/mol. The summed E-state index contributed by atoms with van der Waals surface area (Å²) in [6.07, 6.45) is 3.17. The second-order valence-electron chi connectivity index (χ2n) is 7.55. The van der Waals surface area contributed by atoms with Gasteiger partial charge in [0.1, 0.15) is 6.10 Å². The zero-order chi connectivity index (χ0) is 17.3. The second kappa shape index (κ2) is 7.24. The van der Waals surface area contributed by atoms with Gasteiger partial charge in [-0.2, -0.15) is 0 Å². The van der Waals surface area contributed by atoms with E-state index in [1.54, 1.807) is 0 Å². The summed E-state index contributed by atoms with van der Waals surface area (Å²) in [5, 5.41) is 0. The molecule has 0 bridgehead atoms. The summed E-state index contributed by atoms with van der Waals surface area (Å²) in [5.41, 5.74) is 9.56. The number of amides is 1. The highest BCUT2D eigenvalue weighted by molar-refractivity contribution is 5.80. The van der Waals surface area contributed by atoms with Crippen molar-refractivity contribution in [2.75, 3.05) is 19.7 Å². The molecule has 1 saturated heterocycles. The molecule has 4 atom stereocenters. The standard InChI is InChI=1S/C20H30N2O2/c1-13-7-8-14(2)18(9-13)19-11-22(15(3)12-24-19)20(23)17-6-4-5-16(17)10-21/h7-9,15-17,19H,4-6,10-12,21H2,1-3H3/t15?,16-,17-,19?/m1/s1. The Morgan fingerprint density at radius 1 is 1.33 bits per heavy atom. The lowest BCUT2D eigenvalue weighted by Gasteiger charge is -2.40. The van der Waals surface area contributed by atoms with Crippen LogP contribution >= 0.6 is 0 Å². The summed E-state index contributed by atoms with van der Waals surface area (Å²) < 4.78 is 6.09. The average Bonchev–Trinajstić information content (AvgIpc) is 3.05. The third-order valence-corrected chi connectivity index (χ3v) is 5.78. The molecule has 1 saturated carbocycles. The second-order valence-corrected chi connectivity index (χ2v) is 7.55. The minimum Gasteiger partial charge on any atom is -0.370 e. The van der Waals surface area contributed by atoms with Gasteiger partial charge in [0.15, 0.2) is 0 Å². The first-order chi connectivity index (χ1) is 11.5. The van der Waals surface area contributed by atoms with E-state index >= 15 is 0 Å². The molecule has 1 aromatic carbocycles. The number of hydrogen-bond donors (Lipinski definition) is 1. The van der Waals surface area contributed by atoms with E-state index in [4.69, 9.17) is 10.5 Å². The maximum atomic E-state index is 13.1. The molecular formula is C20H30N2O2. The van der Waals surface area contributed by atoms with Crippen molar-refractivity contribution in [1.82, 2.24) is 4.90 Å². The van der Waals surface area contributed by atoms with Crippen molar-refractivity contribution in [2.45, 2.75) is 52.2 Å². The number of ether oxygens (including phenoxy) is 1. The zero-order valence-corrected chi connectivity index (χ0v) is 15.1. The number of morpholine rings is 1. The van der Waals surface area contributed by atoms with Gasteiger partial charge in [-0.25, -0.2) is 0 Å². The third-order valence-electron chi connectivity index (χ3n) is 5.78. The van der Waals surface area contributed by atoms with Crippen molar-refractivity contribution < 1.29 is 9.53 Å². The van der Waals surface area contributed by atoms with Crippen molar-refractivity contribution in [3.63, 3.8) is 0 Å². The quantitative estimate of drug-likeness (QED) is 0.927. The smallest absolute Gasteiger partial charge is 0.226 e. The number of nitrogens with zero attached hydrogens (tertiary/aromatic N) is 1. The highest BCUT2D eigenvalue weighted by Crippen LogP contribution is 2.35. The minimum absolute atomic E-state index is 0.0252. The molecule has 1 aromatic rings. The van der Waals surface area contributed by atoms with E-state index in [0.717, 1.165) is 19.3 Å². The predicted octanol–water partition coefficient (Wildman–Crippen LogP) is 2.97. The van der Waals surface area contributed by atoms with E-state index in [2.05, 4.69) is 43.9 Å². The fourth-order valence-corrected chi connectivity index (χ4v) is 4.22. The summed E-state index contributed by atoms with van der Waals surface area (Å²) in [5.74, 6) is 0.746. The number of carbonyl (C=O) groups is 1. The Morgan fingerprint density at radius 2 is 2.12 bits per heavy atom. The van der Waals surface area contributed by atoms with Crippen LogP contribution in [0.3, 0.4) is 0 Å². The van der Waals surface area contributed by atoms with E-state index in [9.17, 15) is 4.79 Å². The van der Waals surface area contributed by atoms with E-state index in [0.29, 0.717) is 25.6 Å². The van der Waals surface area contributed by atoms with Gasteiger partial charge in [0.2, 0.25) is 5.91 Å². The Hall–Kier alpha value is -1.39. The van der Waals surface area contributed by atoms with Gasteiger partial charge < -0.3 is 15.4 Å². The van der Waals surface area contributed by atoms with Crippen LogP contribution in [-0.2, 0) is 9.53 Å². The number of aryl methyl sites for hydroxylation is 2. The van der Waals surface area contributed by atoms with Crippen molar-refractivity contribution in [3.05, 3.63) is 34.9 Å². The molecule has 1 amide bonds. The molecule has 3 rings (SSSR count). The average molecular weight is 330 g/mol. The van der Waals surface area contributed by atoms with E-state index in [1.165, 1.54) is 16.7 Å². The van der Waals surface area contributed by atoms with Crippen LogP contribution < -0.4 is 5.73 Å². The van der Waals surface area contributed by atoms with Crippen LogP contribution in [0, 0.1) is 25.7 Å². The molecule has 2 aliphatic rings. The van der Waals surface area contributed by atoms with Crippen LogP contribution in [0.2, 0.25) is 0 Å². The summed E-state index contributed by atoms with van der Waals surface area (Å²) >= 11 is 0. The lowest BCUT2D eigenvalue weighted by Crippen LogP contribution is -2.51. The fourth-order valence-electron chi connectivity index (χ4n) is 4.22. The highest BCUT2D eigenvalue weighted by atomic mass is 16.5. The molecule has 0 spiro atoms. The lowest BCUT2D eigenvalue weighted by atomic mass is 9.93. The monoisotopic (exact) mass is 330 g/mol. The normalized spacial score (nSPS) is 30.6. The van der Waals surface area contributed by atoms with Crippen molar-refractivity contribution >= 4 is 5.91 Å². The van der Waals surface area contributed by atoms with Crippen LogP contribution in [0.4, 0.5) is 0 Å². The Kier molecular flexibility index (Phi) is 5.26. The topological polar surface area (TPSA) is 55.6 Å². The lowest BCUT2D eigenvalue weighted by molar-refractivity contribution is -0.150. The van der Waals surface area contributed by atoms with Gasteiger partial charge in [-0.05, 0) is 57.2 Å². The van der Waals surface area contributed by atoms with Gasteiger partial charge in [-0.1, -0.05) is 30.2 Å². The van der Waals surface area contributed by atoms with Crippen LogP contribution in [0.15, 0.2) is 18.2 Å². The third kappa shape index (κ3) is 3.35. The van der Waals surface area contributed by atoms with Gasteiger partial charge in [0, 0.05) is 5.92 Å². The Balaban J connectivity index is 1.78. The molecule has 132 valence electrons. The maximum absolute atomic E-state index is 13.1. The summed E-state index contributed by atoms with van der Waals surface area (Å²) in [4.78, 5) is 15.2. The SMILES string of the molecule is Cc1ccc(C)c(C2CN(C(=O)[C@@H]3CCC[C@@H]3CN)C(C)CO2)c1. The Morgan fingerprint density at radius 3 is 2.88 bits per heavy atom. The molecule has 2 unspecified atom stereocenters. The highest BCUT2D eigenvalue weighted by Gasteiger charge is 2.39. The zero-order valence-electron chi connectivity index (χ0n) is 15.1. The molecule has 0 aromatic heterocycles. The molecule has 1 aliphatic heterocycles. The Bertz CT molecular complexity index is 601. The summed E-state index contributed by atoms with van der Waals surface area (Å²) in [6, 6.07) is 6.59. The van der Waals surface area contributed by atoms with E-state index < -0.39 is 0 Å². The summed E-state index contributed by atoms with van der Waals surface area (Å²) in [7, 11) is 0. The molecule has 4 nitrogen and oxygen atoms in total. The first-order valence-electron chi connectivity index (χ1n) is 9.20. The van der Waals surface area contributed by atoms with Crippen molar-refractivity contribution in [1.29, 1.82) is 0 Å². The molecule has 4 heteroatoms. The first-order valence-corrected chi connectivity index (χ1v) is 9.20. The van der Waals surface area contributed by atoms with Gasteiger partial charge >= 0.3 is 0 Å². The molecule has 24 heavy (non-hydrogen) atoms. The Labute approximate surface area is 145 Å². The summed E-state index contributed by atoms with van der Waals surface area (Å²) in [6.45, 7) is 8.17. The molecule has 1 aliphatic carbocycles. The number of benzene rings is 1. The number of rotatable bonds is 3. The van der Waals surface area contributed by atoms with Crippen LogP contribution in [0.5, 0.6) is 0 Å². The van der Waals surface area contributed by atoms with Gasteiger partial charge in [0.25, 0.3) is 0 Å². The van der Waals surface area contributed by atoms with E-state index in [1.807, 2.05) is 0 Å². The largest absolute Gasteiger partial charge is 0.370 e. The fraction of sp³-hybridized carbons (Fsp3) is 0.650.